The highest BCUT2D eigenvalue weighted by Gasteiger charge is 2.05. The Labute approximate surface area is 188 Å². The molecular weight excluding hydrogens is 414 g/mol. The van der Waals surface area contributed by atoms with Gasteiger partial charge in [-0.15, -0.1) is 0 Å². The number of nitrogens with zero attached hydrogens (tertiary/aromatic N) is 1. The standard InChI is InChI=1S/C23H30ClN5O2/c1-3-26-23(28-15-13-17-6-4-7-18(16-17)22(31)25-2)27-14-5-8-21(30)29-20-11-9-19(24)10-12-20/h4,6-7,9-12,16H,3,5,8,13-15H2,1-2H3,(H,25,31)(H,29,30)(H2,26,27,28). The van der Waals surface area contributed by atoms with Gasteiger partial charge in [0.1, 0.15) is 0 Å². The number of benzene rings is 2. The van der Waals surface area contributed by atoms with Gasteiger partial charge in [0.05, 0.1) is 0 Å². The zero-order valence-corrected chi connectivity index (χ0v) is 18.8. The summed E-state index contributed by atoms with van der Waals surface area (Å²) in [5.41, 5.74) is 2.45. The van der Waals surface area contributed by atoms with Gasteiger partial charge in [-0.1, -0.05) is 23.7 Å². The number of halogens is 1. The molecule has 0 spiro atoms. The first-order valence-electron chi connectivity index (χ1n) is 10.4. The molecule has 0 saturated carbocycles. The van der Waals surface area contributed by atoms with Crippen molar-refractivity contribution >= 4 is 35.1 Å². The molecule has 8 heteroatoms. The molecule has 0 aromatic heterocycles. The topological polar surface area (TPSA) is 94.6 Å². The van der Waals surface area contributed by atoms with Crippen LogP contribution in [0.25, 0.3) is 0 Å². The molecule has 166 valence electrons. The first-order chi connectivity index (χ1) is 15.0. The molecular formula is C23H30ClN5O2. The van der Waals surface area contributed by atoms with Crippen LogP contribution in [0, 0.1) is 0 Å². The van der Waals surface area contributed by atoms with E-state index in [2.05, 4.69) is 26.3 Å². The Morgan fingerprint density at radius 1 is 1.06 bits per heavy atom. The lowest BCUT2D eigenvalue weighted by Crippen LogP contribution is -2.38. The van der Waals surface area contributed by atoms with E-state index in [1.165, 1.54) is 0 Å². The highest BCUT2D eigenvalue weighted by atomic mass is 35.5. The maximum atomic E-state index is 12.0. The van der Waals surface area contributed by atoms with Crippen molar-refractivity contribution in [2.75, 3.05) is 32.0 Å². The molecule has 31 heavy (non-hydrogen) atoms. The third-order valence-electron chi connectivity index (χ3n) is 4.43. The molecule has 0 saturated heterocycles. The number of anilines is 1. The predicted molar refractivity (Wildman–Crippen MR) is 127 cm³/mol. The molecule has 0 aliphatic carbocycles. The van der Waals surface area contributed by atoms with Crippen molar-refractivity contribution in [2.45, 2.75) is 26.2 Å². The molecule has 4 N–H and O–H groups in total. The average Bonchev–Trinajstić information content (AvgIpc) is 2.78. The molecule has 2 aromatic rings. The third kappa shape index (κ3) is 9.09. The molecule has 0 fully saturated rings. The first-order valence-corrected chi connectivity index (χ1v) is 10.8. The molecule has 0 aliphatic heterocycles. The number of nitrogens with one attached hydrogen (secondary N) is 4. The number of rotatable bonds is 10. The van der Waals surface area contributed by atoms with Gasteiger partial charge in [-0.25, -0.2) is 0 Å². The predicted octanol–water partition coefficient (Wildman–Crippen LogP) is 3.22. The SMILES string of the molecule is CCNC(=NCCCC(=O)Nc1ccc(Cl)cc1)NCCc1cccc(C(=O)NC)c1. The van der Waals surface area contributed by atoms with Crippen molar-refractivity contribution in [1.82, 2.24) is 16.0 Å². The molecule has 2 amide bonds. The van der Waals surface area contributed by atoms with Gasteiger partial charge in [-0.3, -0.25) is 14.6 Å². The summed E-state index contributed by atoms with van der Waals surface area (Å²) in [6, 6.07) is 14.6. The Kier molecular flexibility index (Phi) is 10.4. The Balaban J connectivity index is 1.75. The minimum atomic E-state index is -0.0928. The first kappa shape index (κ1) is 24.2. The Hall–Kier alpha value is -3.06. The van der Waals surface area contributed by atoms with Crippen LogP contribution in [-0.2, 0) is 11.2 Å². The van der Waals surface area contributed by atoms with Crippen molar-refractivity contribution in [3.05, 3.63) is 64.7 Å². The summed E-state index contributed by atoms with van der Waals surface area (Å²) >= 11 is 5.85. The zero-order chi connectivity index (χ0) is 22.5. The number of aliphatic imine (C=N–C) groups is 1. The maximum Gasteiger partial charge on any atom is 0.251 e. The quantitative estimate of drug-likeness (QED) is 0.257. The van der Waals surface area contributed by atoms with Gasteiger partial charge in [0.2, 0.25) is 5.91 Å². The molecule has 0 bridgehead atoms. The molecule has 7 nitrogen and oxygen atoms in total. The van der Waals surface area contributed by atoms with Crippen molar-refractivity contribution in [2.24, 2.45) is 4.99 Å². The molecule has 0 unspecified atom stereocenters. The Bertz CT molecular complexity index is 884. The molecule has 2 rings (SSSR count). The van der Waals surface area contributed by atoms with Crippen LogP contribution >= 0.6 is 11.6 Å². The number of hydrogen-bond acceptors (Lipinski definition) is 3. The normalized spacial score (nSPS) is 11.0. The second kappa shape index (κ2) is 13.3. The Morgan fingerprint density at radius 2 is 1.84 bits per heavy atom. The van der Waals surface area contributed by atoms with Crippen LogP contribution in [0.3, 0.4) is 0 Å². The van der Waals surface area contributed by atoms with E-state index in [-0.39, 0.29) is 11.8 Å². The third-order valence-corrected chi connectivity index (χ3v) is 4.68. The largest absolute Gasteiger partial charge is 0.357 e. The smallest absolute Gasteiger partial charge is 0.251 e. The van der Waals surface area contributed by atoms with Crippen molar-refractivity contribution in [1.29, 1.82) is 0 Å². The van der Waals surface area contributed by atoms with E-state index in [9.17, 15) is 9.59 Å². The van der Waals surface area contributed by atoms with Gasteiger partial charge in [-0.05, 0) is 61.7 Å². The zero-order valence-electron chi connectivity index (χ0n) is 18.0. The van der Waals surface area contributed by atoms with Gasteiger partial charge in [0.25, 0.3) is 5.91 Å². The Morgan fingerprint density at radius 3 is 2.55 bits per heavy atom. The monoisotopic (exact) mass is 443 g/mol. The van der Waals surface area contributed by atoms with Gasteiger partial charge < -0.3 is 21.3 Å². The lowest BCUT2D eigenvalue weighted by molar-refractivity contribution is -0.116. The van der Waals surface area contributed by atoms with Gasteiger partial charge in [-0.2, -0.15) is 0 Å². The fraction of sp³-hybridized carbons (Fsp3) is 0.348. The molecule has 0 heterocycles. The number of carbonyl (C=O) groups excluding carboxylic acids is 2. The summed E-state index contributed by atoms with van der Waals surface area (Å²) < 4.78 is 0. The number of hydrogen-bond donors (Lipinski definition) is 4. The van der Waals surface area contributed by atoms with Crippen molar-refractivity contribution in [3.63, 3.8) is 0 Å². The number of guanidine groups is 1. The van der Waals surface area contributed by atoms with Gasteiger partial charge in [0, 0.05) is 49.4 Å². The van der Waals surface area contributed by atoms with Crippen LogP contribution in [0.5, 0.6) is 0 Å². The van der Waals surface area contributed by atoms with E-state index in [0.29, 0.717) is 42.5 Å². The molecule has 0 radical (unpaired) electrons. The van der Waals surface area contributed by atoms with E-state index in [0.717, 1.165) is 24.2 Å². The van der Waals surface area contributed by atoms with E-state index in [4.69, 9.17) is 11.6 Å². The summed E-state index contributed by atoms with van der Waals surface area (Å²) in [4.78, 5) is 28.3. The number of carbonyl (C=O) groups is 2. The highest BCUT2D eigenvalue weighted by molar-refractivity contribution is 6.30. The lowest BCUT2D eigenvalue weighted by Gasteiger charge is -2.12. The van der Waals surface area contributed by atoms with Crippen LogP contribution < -0.4 is 21.3 Å². The second-order valence-electron chi connectivity index (χ2n) is 6.88. The summed E-state index contributed by atoms with van der Waals surface area (Å²) in [7, 11) is 1.62. The minimum Gasteiger partial charge on any atom is -0.357 e. The van der Waals surface area contributed by atoms with Crippen molar-refractivity contribution < 1.29 is 9.59 Å². The van der Waals surface area contributed by atoms with Crippen LogP contribution in [0.1, 0.15) is 35.7 Å². The number of amides is 2. The van der Waals surface area contributed by atoms with E-state index in [1.807, 2.05) is 25.1 Å². The van der Waals surface area contributed by atoms with E-state index < -0.39 is 0 Å². The van der Waals surface area contributed by atoms with Gasteiger partial charge >= 0.3 is 0 Å². The minimum absolute atomic E-state index is 0.0496. The van der Waals surface area contributed by atoms with Crippen LogP contribution in [0.4, 0.5) is 5.69 Å². The van der Waals surface area contributed by atoms with Crippen LogP contribution in [0.2, 0.25) is 5.02 Å². The second-order valence-corrected chi connectivity index (χ2v) is 7.31. The molecule has 0 aliphatic rings. The molecule has 0 atom stereocenters. The van der Waals surface area contributed by atoms with Gasteiger partial charge in [0.15, 0.2) is 5.96 Å². The fourth-order valence-corrected chi connectivity index (χ4v) is 2.99. The maximum absolute atomic E-state index is 12.0. The summed E-state index contributed by atoms with van der Waals surface area (Å²) in [6.07, 6.45) is 1.79. The van der Waals surface area contributed by atoms with E-state index >= 15 is 0 Å². The lowest BCUT2D eigenvalue weighted by atomic mass is 10.1. The van der Waals surface area contributed by atoms with Crippen LogP contribution in [-0.4, -0.2) is 44.5 Å². The van der Waals surface area contributed by atoms with Crippen molar-refractivity contribution in [3.8, 4) is 0 Å². The van der Waals surface area contributed by atoms with Crippen LogP contribution in [0.15, 0.2) is 53.5 Å². The summed E-state index contributed by atoms with van der Waals surface area (Å²) in [5, 5.41) is 12.6. The van der Waals surface area contributed by atoms with E-state index in [1.54, 1.807) is 37.4 Å². The summed E-state index contributed by atoms with van der Waals surface area (Å²) in [5.74, 6) is 0.569. The molecule has 2 aromatic carbocycles. The highest BCUT2D eigenvalue weighted by Crippen LogP contribution is 2.13. The average molecular weight is 444 g/mol. The fourth-order valence-electron chi connectivity index (χ4n) is 2.87. The summed E-state index contributed by atoms with van der Waals surface area (Å²) in [6.45, 7) is 3.97.